The van der Waals surface area contributed by atoms with Gasteiger partial charge in [-0.2, -0.15) is 5.10 Å². The highest BCUT2D eigenvalue weighted by Gasteiger charge is 2.56. The van der Waals surface area contributed by atoms with Crippen molar-refractivity contribution in [3.8, 4) is 28.4 Å². The monoisotopic (exact) mass is 673 g/mol. The standard InChI is InChI=1S/C38H51N5O6/c1-24(2)28-22-25(36(45)42(5)21-11-20-41(3)4)18-19-30(28)43-31(34-32(48-6)16-10-17-33(34)49-7)23-29(40-43)35(44)39-38(37(46)47)26-12-8-13-27(38)15-9-14-26/h10,16-19,22-24,26-27H,8-9,11-15,20-21H2,1-7H3,(H,39,44)(H,46,47). The predicted molar refractivity (Wildman–Crippen MR) is 189 cm³/mol. The van der Waals surface area contributed by atoms with E-state index in [1.54, 1.807) is 35.9 Å². The van der Waals surface area contributed by atoms with Gasteiger partial charge in [-0.3, -0.25) is 9.59 Å². The topological polar surface area (TPSA) is 126 Å². The minimum atomic E-state index is -1.33. The van der Waals surface area contributed by atoms with Crippen LogP contribution in [0.25, 0.3) is 16.9 Å². The summed E-state index contributed by atoms with van der Waals surface area (Å²) in [6.07, 6.45) is 5.88. The third kappa shape index (κ3) is 7.04. The summed E-state index contributed by atoms with van der Waals surface area (Å²) in [5, 5.41) is 18.5. The highest BCUT2D eigenvalue weighted by molar-refractivity contribution is 5.98. The number of carboxylic acid groups (broad SMARTS) is 1. The van der Waals surface area contributed by atoms with Crippen molar-refractivity contribution in [3.63, 3.8) is 0 Å². The highest BCUT2D eigenvalue weighted by Crippen LogP contribution is 2.48. The van der Waals surface area contributed by atoms with Gasteiger partial charge >= 0.3 is 5.97 Å². The Morgan fingerprint density at radius 2 is 1.57 bits per heavy atom. The largest absolute Gasteiger partial charge is 0.496 e. The number of carbonyl (C=O) groups is 3. The summed E-state index contributed by atoms with van der Waals surface area (Å²) in [5.74, 6) is -0.805. The molecule has 0 aliphatic heterocycles. The molecule has 2 bridgehead atoms. The Morgan fingerprint density at radius 1 is 0.959 bits per heavy atom. The number of aromatic nitrogens is 2. The van der Waals surface area contributed by atoms with Gasteiger partial charge in [0.15, 0.2) is 5.69 Å². The number of methoxy groups -OCH3 is 2. The summed E-state index contributed by atoms with van der Waals surface area (Å²) in [6, 6.07) is 12.7. The van der Waals surface area contributed by atoms with Crippen molar-refractivity contribution in [2.24, 2.45) is 11.8 Å². The van der Waals surface area contributed by atoms with E-state index in [0.717, 1.165) is 57.1 Å². The molecule has 2 fully saturated rings. The second kappa shape index (κ2) is 15.0. The summed E-state index contributed by atoms with van der Waals surface area (Å²) in [5.41, 5.74) is 2.00. The zero-order chi connectivity index (χ0) is 35.5. The maximum Gasteiger partial charge on any atom is 0.330 e. The van der Waals surface area contributed by atoms with E-state index in [9.17, 15) is 19.5 Å². The molecule has 1 aromatic heterocycles. The number of ether oxygens (including phenoxy) is 2. The Labute approximate surface area is 289 Å². The third-order valence-electron chi connectivity index (χ3n) is 10.4. The number of hydrogen-bond donors (Lipinski definition) is 2. The minimum Gasteiger partial charge on any atom is -0.496 e. The van der Waals surface area contributed by atoms with Gasteiger partial charge < -0.3 is 29.7 Å². The second-order valence-corrected chi connectivity index (χ2v) is 14.1. The van der Waals surface area contributed by atoms with Crippen molar-refractivity contribution in [1.29, 1.82) is 0 Å². The minimum absolute atomic E-state index is 0.00687. The fraction of sp³-hybridized carbons (Fsp3) is 0.526. The van der Waals surface area contributed by atoms with Crippen LogP contribution in [-0.4, -0.2) is 96.5 Å². The Balaban J connectivity index is 1.61. The lowest BCUT2D eigenvalue weighted by Crippen LogP contribution is -2.66. The van der Waals surface area contributed by atoms with Crippen LogP contribution in [-0.2, 0) is 4.79 Å². The van der Waals surface area contributed by atoms with E-state index >= 15 is 0 Å². The van der Waals surface area contributed by atoms with Gasteiger partial charge in [0.2, 0.25) is 0 Å². The molecular formula is C38H51N5O6. The number of fused-ring (bicyclic) bond motifs is 2. The number of rotatable bonds is 13. The molecule has 0 radical (unpaired) electrons. The first kappa shape index (κ1) is 35.9. The summed E-state index contributed by atoms with van der Waals surface area (Å²) in [4.78, 5) is 44.5. The van der Waals surface area contributed by atoms with Crippen molar-refractivity contribution in [1.82, 2.24) is 24.9 Å². The molecule has 2 aromatic carbocycles. The Morgan fingerprint density at radius 3 is 2.10 bits per heavy atom. The predicted octanol–water partition coefficient (Wildman–Crippen LogP) is 5.86. The zero-order valence-electron chi connectivity index (χ0n) is 29.9. The molecule has 0 atom stereocenters. The molecule has 0 spiro atoms. The molecule has 5 rings (SSSR count). The van der Waals surface area contributed by atoms with Crippen LogP contribution in [0.5, 0.6) is 11.5 Å². The van der Waals surface area contributed by atoms with E-state index in [2.05, 4.69) is 10.2 Å². The maximum absolute atomic E-state index is 14.2. The van der Waals surface area contributed by atoms with Crippen molar-refractivity contribution >= 4 is 17.8 Å². The van der Waals surface area contributed by atoms with Crippen molar-refractivity contribution in [3.05, 3.63) is 59.3 Å². The normalized spacial score (nSPS) is 20.3. The first-order valence-corrected chi connectivity index (χ1v) is 17.3. The number of carboxylic acids is 1. The van der Waals surface area contributed by atoms with Gasteiger partial charge in [0.1, 0.15) is 17.0 Å². The van der Waals surface area contributed by atoms with Gasteiger partial charge in [0, 0.05) is 19.2 Å². The van der Waals surface area contributed by atoms with Crippen LogP contribution in [0, 0.1) is 11.8 Å². The van der Waals surface area contributed by atoms with Crippen LogP contribution in [0.3, 0.4) is 0 Å². The quantitative estimate of drug-likeness (QED) is 0.231. The summed E-state index contributed by atoms with van der Waals surface area (Å²) in [7, 11) is 8.98. The van der Waals surface area contributed by atoms with Crippen LogP contribution in [0.15, 0.2) is 42.5 Å². The fourth-order valence-corrected chi connectivity index (χ4v) is 7.86. The van der Waals surface area contributed by atoms with E-state index < -0.39 is 17.4 Å². The second-order valence-electron chi connectivity index (χ2n) is 14.1. The number of amides is 2. The average Bonchev–Trinajstić information content (AvgIpc) is 3.51. The SMILES string of the molecule is COc1cccc(OC)c1-c1cc(C(=O)NC2(C(=O)O)C3CCCC2CCC3)nn1-c1ccc(C(=O)N(C)CCCN(C)C)cc1C(C)C. The lowest BCUT2D eigenvalue weighted by molar-refractivity contribution is -0.154. The molecule has 1 heterocycles. The molecule has 2 aliphatic rings. The van der Waals surface area contributed by atoms with Crippen molar-refractivity contribution < 1.29 is 29.0 Å². The lowest BCUT2D eigenvalue weighted by atomic mass is 9.59. The first-order valence-electron chi connectivity index (χ1n) is 17.3. The van der Waals surface area contributed by atoms with Gasteiger partial charge in [0.25, 0.3) is 11.8 Å². The van der Waals surface area contributed by atoms with E-state index in [1.165, 1.54) is 0 Å². The Kier molecular flexibility index (Phi) is 11.0. The smallest absolute Gasteiger partial charge is 0.330 e. The lowest BCUT2D eigenvalue weighted by Gasteiger charge is -2.50. The number of carbonyl (C=O) groups excluding carboxylic acids is 2. The Bertz CT molecular complexity index is 1640. The third-order valence-corrected chi connectivity index (χ3v) is 10.4. The maximum atomic E-state index is 14.2. The molecule has 3 aromatic rings. The molecule has 0 saturated heterocycles. The van der Waals surface area contributed by atoms with Crippen LogP contribution in [0.4, 0.5) is 0 Å². The first-order chi connectivity index (χ1) is 23.4. The number of nitrogens with zero attached hydrogens (tertiary/aromatic N) is 4. The van der Waals surface area contributed by atoms with Crippen molar-refractivity contribution in [2.75, 3.05) is 48.5 Å². The van der Waals surface area contributed by atoms with Gasteiger partial charge in [0.05, 0.1) is 31.2 Å². The number of benzene rings is 2. The van der Waals surface area contributed by atoms with Crippen LogP contribution < -0.4 is 14.8 Å². The van der Waals surface area contributed by atoms with Gasteiger partial charge in [-0.15, -0.1) is 0 Å². The number of nitrogens with one attached hydrogen (secondary N) is 1. The molecule has 11 nitrogen and oxygen atoms in total. The van der Waals surface area contributed by atoms with E-state index in [1.807, 2.05) is 65.3 Å². The fourth-order valence-electron chi connectivity index (χ4n) is 7.86. The highest BCUT2D eigenvalue weighted by atomic mass is 16.5. The molecular weight excluding hydrogens is 622 g/mol. The molecule has 0 unspecified atom stereocenters. The van der Waals surface area contributed by atoms with Gasteiger partial charge in [-0.1, -0.05) is 32.8 Å². The summed E-state index contributed by atoms with van der Waals surface area (Å²) < 4.78 is 13.2. The Hall–Kier alpha value is -4.38. The molecule has 2 amide bonds. The number of hydrogen-bond acceptors (Lipinski definition) is 7. The molecule has 264 valence electrons. The van der Waals surface area contributed by atoms with E-state index in [0.29, 0.717) is 40.6 Å². The molecule has 2 saturated carbocycles. The molecule has 2 aliphatic carbocycles. The van der Waals surface area contributed by atoms with Gasteiger partial charge in [-0.25, -0.2) is 9.48 Å². The van der Waals surface area contributed by atoms with Crippen LogP contribution in [0.1, 0.15) is 91.1 Å². The van der Waals surface area contributed by atoms with E-state index in [-0.39, 0.29) is 29.4 Å². The summed E-state index contributed by atoms with van der Waals surface area (Å²) >= 11 is 0. The average molecular weight is 674 g/mol. The summed E-state index contributed by atoms with van der Waals surface area (Å²) in [6.45, 7) is 5.61. The zero-order valence-corrected chi connectivity index (χ0v) is 29.9. The van der Waals surface area contributed by atoms with E-state index in [4.69, 9.17) is 14.6 Å². The molecule has 2 N–H and O–H groups in total. The van der Waals surface area contributed by atoms with Crippen LogP contribution >= 0.6 is 0 Å². The van der Waals surface area contributed by atoms with Crippen molar-refractivity contribution in [2.45, 2.75) is 70.3 Å². The van der Waals surface area contributed by atoms with Crippen LogP contribution in [0.2, 0.25) is 0 Å². The molecule has 49 heavy (non-hydrogen) atoms. The molecule has 11 heteroatoms. The van der Waals surface area contributed by atoms with Gasteiger partial charge in [-0.05, 0) is 112 Å². The number of aliphatic carboxylic acids is 1.